The van der Waals surface area contributed by atoms with Crippen molar-refractivity contribution in [1.82, 2.24) is 0 Å². The first-order valence-corrected chi connectivity index (χ1v) is 6.51. The first kappa shape index (κ1) is 13.2. The molecule has 0 radical (unpaired) electrons. The van der Waals surface area contributed by atoms with Crippen LogP contribution in [0.1, 0.15) is 31.2 Å². The van der Waals surface area contributed by atoms with Gasteiger partial charge in [-0.15, -0.1) is 0 Å². The van der Waals surface area contributed by atoms with Crippen molar-refractivity contribution in [3.63, 3.8) is 0 Å². The highest BCUT2D eigenvalue weighted by Gasteiger charge is 2.41. The number of hydrogen-bond acceptors (Lipinski definition) is 2. The van der Waals surface area contributed by atoms with Gasteiger partial charge in [0.25, 0.3) is 0 Å². The molecule has 1 aliphatic rings. The van der Waals surface area contributed by atoms with E-state index in [4.69, 9.17) is 16.3 Å². The molecule has 4 heteroatoms. The van der Waals surface area contributed by atoms with Gasteiger partial charge in [0.2, 0.25) is 0 Å². The van der Waals surface area contributed by atoms with Gasteiger partial charge in [-0.05, 0) is 43.0 Å². The number of benzene rings is 1. The highest BCUT2D eigenvalue weighted by atomic mass is 35.5. The smallest absolute Gasteiger partial charge is 0.309 e. The lowest BCUT2D eigenvalue weighted by Crippen LogP contribution is -2.30. The summed E-state index contributed by atoms with van der Waals surface area (Å²) in [4.78, 5) is 11.5. The van der Waals surface area contributed by atoms with Crippen molar-refractivity contribution < 1.29 is 14.6 Å². The molecule has 1 N–H and O–H groups in total. The Balaban J connectivity index is 2.32. The lowest BCUT2D eigenvalue weighted by Gasteiger charge is -2.24. The minimum atomic E-state index is -0.706. The lowest BCUT2D eigenvalue weighted by molar-refractivity contribution is -0.148. The van der Waals surface area contributed by atoms with Gasteiger partial charge in [-0.1, -0.05) is 24.4 Å². The number of carbonyl (C=O) groups is 1. The van der Waals surface area contributed by atoms with E-state index >= 15 is 0 Å². The number of halogens is 1. The van der Waals surface area contributed by atoms with Crippen LogP contribution < -0.4 is 4.74 Å². The topological polar surface area (TPSA) is 46.5 Å². The van der Waals surface area contributed by atoms with Crippen LogP contribution >= 0.6 is 11.6 Å². The summed E-state index contributed by atoms with van der Waals surface area (Å²) in [7, 11) is 1.59. The second-order valence-electron chi connectivity index (χ2n) is 4.93. The van der Waals surface area contributed by atoms with Crippen molar-refractivity contribution in [2.45, 2.75) is 32.1 Å². The number of carboxylic acid groups (broad SMARTS) is 1. The average Bonchev–Trinajstić information content (AvgIpc) is 2.79. The first-order valence-electron chi connectivity index (χ1n) is 6.13. The van der Waals surface area contributed by atoms with E-state index in [-0.39, 0.29) is 0 Å². The number of ether oxygens (including phenoxy) is 1. The molecule has 1 saturated carbocycles. The minimum Gasteiger partial charge on any atom is -0.496 e. The molecule has 0 bridgehead atoms. The SMILES string of the molecule is COc1ccc(Cl)cc1CC1(C(=O)O)CCCC1. The molecule has 1 fully saturated rings. The number of carboxylic acids is 1. The zero-order valence-corrected chi connectivity index (χ0v) is 11.2. The lowest BCUT2D eigenvalue weighted by atomic mass is 9.80. The third-order valence-corrected chi connectivity index (χ3v) is 4.02. The Labute approximate surface area is 112 Å². The predicted molar refractivity (Wildman–Crippen MR) is 70.2 cm³/mol. The highest BCUT2D eigenvalue weighted by molar-refractivity contribution is 6.30. The molecule has 0 unspecified atom stereocenters. The monoisotopic (exact) mass is 268 g/mol. The van der Waals surface area contributed by atoms with Gasteiger partial charge in [0.15, 0.2) is 0 Å². The third-order valence-electron chi connectivity index (χ3n) is 3.79. The molecule has 0 aliphatic heterocycles. The van der Waals surface area contributed by atoms with Crippen LogP contribution in [-0.2, 0) is 11.2 Å². The van der Waals surface area contributed by atoms with E-state index in [1.165, 1.54) is 0 Å². The number of hydrogen-bond donors (Lipinski definition) is 1. The quantitative estimate of drug-likeness (QED) is 0.909. The molecule has 0 aromatic heterocycles. The van der Waals surface area contributed by atoms with E-state index in [0.717, 1.165) is 31.2 Å². The minimum absolute atomic E-state index is 0.492. The predicted octanol–water partition coefficient (Wildman–Crippen LogP) is 3.54. The second-order valence-corrected chi connectivity index (χ2v) is 5.36. The molecule has 0 atom stereocenters. The fourth-order valence-electron chi connectivity index (χ4n) is 2.77. The molecule has 98 valence electrons. The average molecular weight is 269 g/mol. The molecule has 0 amide bonds. The van der Waals surface area contributed by atoms with Gasteiger partial charge in [-0.25, -0.2) is 0 Å². The van der Waals surface area contributed by atoms with Gasteiger partial charge in [0.05, 0.1) is 12.5 Å². The van der Waals surface area contributed by atoms with Gasteiger partial charge >= 0.3 is 5.97 Å². The second kappa shape index (κ2) is 5.19. The zero-order valence-electron chi connectivity index (χ0n) is 10.4. The van der Waals surface area contributed by atoms with Crippen LogP contribution in [0.4, 0.5) is 0 Å². The fourth-order valence-corrected chi connectivity index (χ4v) is 2.96. The van der Waals surface area contributed by atoms with Crippen LogP contribution in [0, 0.1) is 5.41 Å². The van der Waals surface area contributed by atoms with E-state index in [1.54, 1.807) is 19.2 Å². The van der Waals surface area contributed by atoms with Crippen LogP contribution in [0.25, 0.3) is 0 Å². The van der Waals surface area contributed by atoms with Gasteiger partial charge < -0.3 is 9.84 Å². The van der Waals surface area contributed by atoms with Crippen molar-refractivity contribution in [2.75, 3.05) is 7.11 Å². The van der Waals surface area contributed by atoms with Gasteiger partial charge in [-0.3, -0.25) is 4.79 Å². The third kappa shape index (κ3) is 2.46. The summed E-state index contributed by atoms with van der Waals surface area (Å²) in [6, 6.07) is 5.36. The molecule has 1 aromatic rings. The van der Waals surface area contributed by atoms with Gasteiger partial charge in [0.1, 0.15) is 5.75 Å². The molecule has 0 saturated heterocycles. The summed E-state index contributed by atoms with van der Waals surface area (Å²) >= 11 is 5.98. The molecule has 1 aliphatic carbocycles. The maximum Gasteiger partial charge on any atom is 0.309 e. The summed E-state index contributed by atoms with van der Waals surface area (Å²) in [5, 5.41) is 10.1. The molecular formula is C14H17ClO3. The summed E-state index contributed by atoms with van der Waals surface area (Å²) in [6.45, 7) is 0. The van der Waals surface area contributed by atoms with E-state index < -0.39 is 11.4 Å². The van der Waals surface area contributed by atoms with Crippen molar-refractivity contribution in [3.8, 4) is 5.75 Å². The molecule has 3 nitrogen and oxygen atoms in total. The number of rotatable bonds is 4. The maximum absolute atomic E-state index is 11.5. The van der Waals surface area contributed by atoms with Crippen LogP contribution in [0.5, 0.6) is 5.75 Å². The Bertz CT molecular complexity index is 450. The van der Waals surface area contributed by atoms with Gasteiger partial charge in [-0.2, -0.15) is 0 Å². The Hall–Kier alpha value is -1.22. The van der Waals surface area contributed by atoms with E-state index in [9.17, 15) is 9.90 Å². The fraction of sp³-hybridized carbons (Fsp3) is 0.500. The maximum atomic E-state index is 11.5. The van der Waals surface area contributed by atoms with Crippen molar-refractivity contribution in [3.05, 3.63) is 28.8 Å². The van der Waals surface area contributed by atoms with Gasteiger partial charge in [0, 0.05) is 5.02 Å². The van der Waals surface area contributed by atoms with Crippen molar-refractivity contribution in [1.29, 1.82) is 0 Å². The first-order chi connectivity index (χ1) is 8.57. The highest BCUT2D eigenvalue weighted by Crippen LogP contribution is 2.43. The van der Waals surface area contributed by atoms with E-state index in [2.05, 4.69) is 0 Å². The summed E-state index contributed by atoms with van der Waals surface area (Å²) in [6.07, 6.45) is 3.92. The van der Waals surface area contributed by atoms with Crippen LogP contribution in [-0.4, -0.2) is 18.2 Å². The summed E-state index contributed by atoms with van der Waals surface area (Å²) in [5.41, 5.74) is 0.243. The van der Waals surface area contributed by atoms with Crippen molar-refractivity contribution >= 4 is 17.6 Å². The number of methoxy groups -OCH3 is 1. The van der Waals surface area contributed by atoms with Crippen LogP contribution in [0.15, 0.2) is 18.2 Å². The van der Waals surface area contributed by atoms with Crippen LogP contribution in [0.3, 0.4) is 0 Å². The van der Waals surface area contributed by atoms with Crippen LogP contribution in [0.2, 0.25) is 5.02 Å². The number of aliphatic carboxylic acids is 1. The molecule has 2 rings (SSSR count). The van der Waals surface area contributed by atoms with E-state index in [0.29, 0.717) is 17.2 Å². The molecule has 0 heterocycles. The molecule has 18 heavy (non-hydrogen) atoms. The molecule has 0 spiro atoms. The summed E-state index contributed by atoms with van der Waals surface area (Å²) < 4.78 is 5.28. The molecule has 1 aromatic carbocycles. The van der Waals surface area contributed by atoms with E-state index in [1.807, 2.05) is 6.07 Å². The molecular weight excluding hydrogens is 252 g/mol. The summed E-state index contributed by atoms with van der Waals surface area (Å²) in [5.74, 6) is 0.00829. The normalized spacial score (nSPS) is 17.7. The standard InChI is InChI=1S/C14H17ClO3/c1-18-12-5-4-11(15)8-10(12)9-14(13(16)17)6-2-3-7-14/h4-5,8H,2-3,6-7,9H2,1H3,(H,16,17). The Morgan fingerprint density at radius 3 is 2.67 bits per heavy atom. The van der Waals surface area contributed by atoms with Crippen molar-refractivity contribution in [2.24, 2.45) is 5.41 Å². The Kier molecular flexibility index (Phi) is 3.81. The largest absolute Gasteiger partial charge is 0.496 e. The Morgan fingerprint density at radius 1 is 1.44 bits per heavy atom. The Morgan fingerprint density at radius 2 is 2.11 bits per heavy atom. The zero-order chi connectivity index (χ0) is 13.2.